The second-order valence-corrected chi connectivity index (χ2v) is 3.84. The molecule has 0 amide bonds. The molecule has 1 aliphatic carbocycles. The highest BCUT2D eigenvalue weighted by atomic mass is 16.4. The Morgan fingerprint density at radius 2 is 2.47 bits per heavy atom. The van der Waals surface area contributed by atoms with Crippen LogP contribution in [-0.4, -0.2) is 20.9 Å². The lowest BCUT2D eigenvalue weighted by Gasteiger charge is -2.16. The van der Waals surface area contributed by atoms with Gasteiger partial charge in [0.05, 0.1) is 11.7 Å². The Bertz CT molecular complexity index is 407. The molecule has 0 saturated carbocycles. The van der Waals surface area contributed by atoms with Crippen LogP contribution in [0.15, 0.2) is 18.3 Å². The Kier molecular flexibility index (Phi) is 2.58. The average Bonchev–Trinajstić information content (AvgIpc) is 2.62. The number of carboxylic acid groups (broad SMARTS) is 1. The molecule has 1 aromatic heterocycles. The van der Waals surface area contributed by atoms with Crippen molar-refractivity contribution in [1.29, 1.82) is 0 Å². The molecular weight excluding hydrogens is 192 g/mol. The first-order valence-corrected chi connectivity index (χ1v) is 5.14. The van der Waals surface area contributed by atoms with Crippen molar-refractivity contribution < 1.29 is 9.90 Å². The molecule has 80 valence electrons. The van der Waals surface area contributed by atoms with E-state index in [1.54, 1.807) is 17.8 Å². The Hall–Kier alpha value is -1.58. The van der Waals surface area contributed by atoms with E-state index in [0.29, 0.717) is 11.3 Å². The van der Waals surface area contributed by atoms with E-state index in [0.717, 1.165) is 19.3 Å². The van der Waals surface area contributed by atoms with Gasteiger partial charge in [0, 0.05) is 6.20 Å². The van der Waals surface area contributed by atoms with Crippen LogP contribution in [0.25, 0.3) is 0 Å². The highest BCUT2D eigenvalue weighted by Crippen LogP contribution is 2.22. The van der Waals surface area contributed by atoms with Gasteiger partial charge in [-0.1, -0.05) is 12.2 Å². The first kappa shape index (κ1) is 9.96. The van der Waals surface area contributed by atoms with Crippen molar-refractivity contribution in [2.45, 2.75) is 32.2 Å². The summed E-state index contributed by atoms with van der Waals surface area (Å²) >= 11 is 0. The SMILES string of the molecule is Cc1nn(C2C=CCCC2)cc1C(=O)O. The van der Waals surface area contributed by atoms with Gasteiger partial charge in [-0.3, -0.25) is 4.68 Å². The van der Waals surface area contributed by atoms with Gasteiger partial charge in [-0.15, -0.1) is 0 Å². The zero-order chi connectivity index (χ0) is 10.8. The molecule has 0 aliphatic heterocycles. The molecule has 0 fully saturated rings. The summed E-state index contributed by atoms with van der Waals surface area (Å²) in [7, 11) is 0. The van der Waals surface area contributed by atoms with Crippen molar-refractivity contribution in [3.8, 4) is 0 Å². The smallest absolute Gasteiger partial charge is 0.339 e. The topological polar surface area (TPSA) is 55.1 Å². The largest absolute Gasteiger partial charge is 0.478 e. The quantitative estimate of drug-likeness (QED) is 0.754. The van der Waals surface area contributed by atoms with Crippen LogP contribution in [-0.2, 0) is 0 Å². The predicted octanol–water partition coefficient (Wildman–Crippen LogP) is 2.17. The van der Waals surface area contributed by atoms with Gasteiger partial charge in [-0.25, -0.2) is 4.79 Å². The van der Waals surface area contributed by atoms with Gasteiger partial charge in [0.25, 0.3) is 0 Å². The fourth-order valence-electron chi connectivity index (χ4n) is 1.88. The molecule has 0 aromatic carbocycles. The van der Waals surface area contributed by atoms with Crippen LogP contribution in [0, 0.1) is 6.92 Å². The lowest BCUT2D eigenvalue weighted by Crippen LogP contribution is -2.09. The van der Waals surface area contributed by atoms with Gasteiger partial charge >= 0.3 is 5.97 Å². The summed E-state index contributed by atoms with van der Waals surface area (Å²) in [5, 5.41) is 13.1. The number of hydrogen-bond acceptors (Lipinski definition) is 2. The van der Waals surface area contributed by atoms with Crippen LogP contribution < -0.4 is 0 Å². The third-order valence-corrected chi connectivity index (χ3v) is 2.72. The molecule has 1 N–H and O–H groups in total. The van der Waals surface area contributed by atoms with Crippen LogP contribution in [0.5, 0.6) is 0 Å². The molecule has 1 atom stereocenters. The van der Waals surface area contributed by atoms with Gasteiger partial charge < -0.3 is 5.11 Å². The second-order valence-electron chi connectivity index (χ2n) is 3.84. The molecule has 0 bridgehead atoms. The number of carbonyl (C=O) groups is 1. The van der Waals surface area contributed by atoms with E-state index >= 15 is 0 Å². The Morgan fingerprint density at radius 3 is 3.00 bits per heavy atom. The summed E-state index contributed by atoms with van der Waals surface area (Å²) in [6.45, 7) is 1.73. The zero-order valence-corrected chi connectivity index (χ0v) is 8.68. The lowest BCUT2D eigenvalue weighted by molar-refractivity contribution is 0.0696. The number of carboxylic acids is 1. The predicted molar refractivity (Wildman–Crippen MR) is 56.0 cm³/mol. The van der Waals surface area contributed by atoms with Crippen LogP contribution in [0.4, 0.5) is 0 Å². The molecule has 2 rings (SSSR count). The third kappa shape index (κ3) is 1.93. The fraction of sp³-hybridized carbons (Fsp3) is 0.455. The Balaban J connectivity index is 2.29. The van der Waals surface area contributed by atoms with Crippen molar-refractivity contribution in [2.75, 3.05) is 0 Å². The maximum Gasteiger partial charge on any atom is 0.339 e. The van der Waals surface area contributed by atoms with Crippen LogP contribution >= 0.6 is 0 Å². The van der Waals surface area contributed by atoms with E-state index < -0.39 is 5.97 Å². The molecule has 1 aliphatic rings. The van der Waals surface area contributed by atoms with E-state index in [9.17, 15) is 4.79 Å². The summed E-state index contributed by atoms with van der Waals surface area (Å²) in [5.41, 5.74) is 0.885. The van der Waals surface area contributed by atoms with Crippen molar-refractivity contribution in [1.82, 2.24) is 9.78 Å². The maximum absolute atomic E-state index is 10.8. The molecule has 4 nitrogen and oxygen atoms in total. The highest BCUT2D eigenvalue weighted by molar-refractivity contribution is 5.88. The number of nitrogens with zero attached hydrogens (tertiary/aromatic N) is 2. The molecule has 0 spiro atoms. The van der Waals surface area contributed by atoms with Crippen molar-refractivity contribution in [3.05, 3.63) is 29.6 Å². The maximum atomic E-state index is 10.8. The molecule has 15 heavy (non-hydrogen) atoms. The molecule has 0 radical (unpaired) electrons. The Morgan fingerprint density at radius 1 is 1.67 bits per heavy atom. The first-order chi connectivity index (χ1) is 7.18. The molecule has 0 saturated heterocycles. The summed E-state index contributed by atoms with van der Waals surface area (Å²) < 4.78 is 1.76. The van der Waals surface area contributed by atoms with Crippen molar-refractivity contribution in [2.24, 2.45) is 0 Å². The number of aryl methyl sites for hydroxylation is 1. The normalized spacial score (nSPS) is 20.5. The van der Waals surface area contributed by atoms with Gasteiger partial charge in [-0.2, -0.15) is 5.10 Å². The number of aromatic nitrogens is 2. The minimum Gasteiger partial charge on any atom is -0.478 e. The zero-order valence-electron chi connectivity index (χ0n) is 8.68. The van der Waals surface area contributed by atoms with Crippen LogP contribution in [0.2, 0.25) is 0 Å². The molecular formula is C11H14N2O2. The van der Waals surface area contributed by atoms with Crippen LogP contribution in [0.3, 0.4) is 0 Å². The molecule has 1 unspecified atom stereocenters. The summed E-state index contributed by atoms with van der Waals surface area (Å²) in [4.78, 5) is 10.8. The minimum atomic E-state index is -0.904. The molecule has 1 aromatic rings. The van der Waals surface area contributed by atoms with E-state index in [4.69, 9.17) is 5.11 Å². The first-order valence-electron chi connectivity index (χ1n) is 5.14. The monoisotopic (exact) mass is 206 g/mol. The fourth-order valence-corrected chi connectivity index (χ4v) is 1.88. The summed E-state index contributed by atoms with van der Waals surface area (Å²) in [6, 6.07) is 0.227. The van der Waals surface area contributed by atoms with Gasteiger partial charge in [0.15, 0.2) is 0 Å². The molecule has 4 heteroatoms. The van der Waals surface area contributed by atoms with Crippen LogP contribution in [0.1, 0.15) is 41.4 Å². The number of allylic oxidation sites excluding steroid dienone is 2. The number of aromatic carboxylic acids is 1. The summed E-state index contributed by atoms with van der Waals surface area (Å²) in [6.07, 6.45) is 9.15. The third-order valence-electron chi connectivity index (χ3n) is 2.72. The van der Waals surface area contributed by atoms with E-state index in [1.807, 2.05) is 0 Å². The van der Waals surface area contributed by atoms with Crippen molar-refractivity contribution >= 4 is 5.97 Å². The number of hydrogen-bond donors (Lipinski definition) is 1. The van der Waals surface area contributed by atoms with Gasteiger partial charge in [0.2, 0.25) is 0 Å². The second kappa shape index (κ2) is 3.88. The average molecular weight is 206 g/mol. The molecule has 1 heterocycles. The standard InChI is InChI=1S/C11H14N2O2/c1-8-10(11(14)15)7-13(12-8)9-5-3-2-4-6-9/h3,5,7,9H,2,4,6H2,1H3,(H,14,15). The van der Waals surface area contributed by atoms with E-state index in [2.05, 4.69) is 17.3 Å². The minimum absolute atomic E-state index is 0.227. The van der Waals surface area contributed by atoms with Gasteiger partial charge in [-0.05, 0) is 26.2 Å². The highest BCUT2D eigenvalue weighted by Gasteiger charge is 2.16. The van der Waals surface area contributed by atoms with Gasteiger partial charge in [0.1, 0.15) is 5.56 Å². The lowest BCUT2D eigenvalue weighted by atomic mass is 10.0. The number of rotatable bonds is 2. The summed E-state index contributed by atoms with van der Waals surface area (Å²) in [5.74, 6) is -0.904. The van der Waals surface area contributed by atoms with Crippen molar-refractivity contribution in [3.63, 3.8) is 0 Å². The van der Waals surface area contributed by atoms with E-state index in [-0.39, 0.29) is 6.04 Å². The Labute approximate surface area is 88.2 Å². The van der Waals surface area contributed by atoms with E-state index in [1.165, 1.54) is 0 Å².